The minimum atomic E-state index is -4.72. The number of amides is 1. The summed E-state index contributed by atoms with van der Waals surface area (Å²) in [6.45, 7) is 1.83. The monoisotopic (exact) mass is 505 g/mol. The van der Waals surface area contributed by atoms with Gasteiger partial charge in [0, 0.05) is 17.1 Å². The first-order valence-corrected chi connectivity index (χ1v) is 10.8. The van der Waals surface area contributed by atoms with E-state index in [1.165, 1.54) is 11.6 Å². The number of benzene rings is 1. The van der Waals surface area contributed by atoms with Crippen LogP contribution >= 0.6 is 34.8 Å². The Kier molecular flexibility index (Phi) is 6.17. The van der Waals surface area contributed by atoms with Gasteiger partial charge in [0.2, 0.25) is 5.91 Å². The first-order valence-electron chi connectivity index (χ1n) is 9.68. The number of aromatic nitrogens is 4. The lowest BCUT2D eigenvalue weighted by Crippen LogP contribution is -2.26. The van der Waals surface area contributed by atoms with E-state index < -0.39 is 28.8 Å². The number of nitrogens with zero attached hydrogens (tertiary/aromatic N) is 4. The largest absolute Gasteiger partial charge is 0.436 e. The second-order valence-corrected chi connectivity index (χ2v) is 8.80. The van der Waals surface area contributed by atoms with Crippen molar-refractivity contribution < 1.29 is 18.0 Å². The zero-order valence-corrected chi connectivity index (χ0v) is 18.9. The average molecular weight is 507 g/mol. The van der Waals surface area contributed by atoms with Crippen molar-refractivity contribution in [1.82, 2.24) is 19.6 Å². The van der Waals surface area contributed by atoms with Crippen LogP contribution in [0.25, 0.3) is 0 Å². The lowest BCUT2D eigenvalue weighted by Gasteiger charge is -2.15. The van der Waals surface area contributed by atoms with Crippen molar-refractivity contribution in [2.75, 3.05) is 5.32 Å². The van der Waals surface area contributed by atoms with Crippen molar-refractivity contribution in [2.24, 2.45) is 0 Å². The molecule has 1 aliphatic rings. The molecule has 1 aliphatic carbocycles. The van der Waals surface area contributed by atoms with E-state index in [0.29, 0.717) is 24.4 Å². The third-order valence-electron chi connectivity index (χ3n) is 5.08. The molecule has 6 nitrogen and oxygen atoms in total. The summed E-state index contributed by atoms with van der Waals surface area (Å²) < 4.78 is 42.5. The highest BCUT2D eigenvalue weighted by atomic mass is 35.5. The van der Waals surface area contributed by atoms with Crippen molar-refractivity contribution in [3.8, 4) is 0 Å². The van der Waals surface area contributed by atoms with Crippen LogP contribution in [0.5, 0.6) is 0 Å². The van der Waals surface area contributed by atoms with Crippen molar-refractivity contribution in [3.63, 3.8) is 0 Å². The van der Waals surface area contributed by atoms with Crippen LogP contribution in [0.2, 0.25) is 15.1 Å². The Morgan fingerprint density at radius 1 is 1.19 bits per heavy atom. The number of carbonyl (C=O) groups is 1. The zero-order chi connectivity index (χ0) is 23.2. The molecule has 1 unspecified atom stereocenters. The van der Waals surface area contributed by atoms with E-state index >= 15 is 0 Å². The first kappa shape index (κ1) is 22.9. The second-order valence-electron chi connectivity index (χ2n) is 7.58. The summed E-state index contributed by atoms with van der Waals surface area (Å²) in [7, 11) is 0. The molecule has 0 saturated heterocycles. The van der Waals surface area contributed by atoms with Crippen molar-refractivity contribution in [3.05, 3.63) is 62.5 Å². The van der Waals surface area contributed by atoms with Crippen LogP contribution in [0, 0.1) is 0 Å². The van der Waals surface area contributed by atoms with Gasteiger partial charge in [0.1, 0.15) is 11.1 Å². The minimum absolute atomic E-state index is 0.0970. The van der Waals surface area contributed by atoms with Gasteiger partial charge in [-0.2, -0.15) is 23.4 Å². The molecule has 0 aliphatic heterocycles. The van der Waals surface area contributed by atoms with Crippen LogP contribution in [-0.4, -0.2) is 25.5 Å². The summed E-state index contributed by atoms with van der Waals surface area (Å²) in [5.41, 5.74) is -0.0493. The third-order valence-corrected chi connectivity index (χ3v) is 5.98. The van der Waals surface area contributed by atoms with E-state index in [9.17, 15) is 18.0 Å². The van der Waals surface area contributed by atoms with E-state index in [0.717, 1.165) is 10.2 Å². The number of alkyl halides is 3. The highest BCUT2D eigenvalue weighted by molar-refractivity contribution is 6.33. The maximum Gasteiger partial charge on any atom is 0.436 e. The maximum absolute atomic E-state index is 13.3. The van der Waals surface area contributed by atoms with E-state index in [4.69, 9.17) is 34.8 Å². The molecular weight excluding hydrogens is 490 g/mol. The Morgan fingerprint density at radius 2 is 1.84 bits per heavy atom. The van der Waals surface area contributed by atoms with Gasteiger partial charge >= 0.3 is 6.18 Å². The quantitative estimate of drug-likeness (QED) is 0.434. The molecule has 32 heavy (non-hydrogen) atoms. The highest BCUT2D eigenvalue weighted by Crippen LogP contribution is 2.47. The zero-order valence-electron chi connectivity index (χ0n) is 16.6. The summed E-state index contributed by atoms with van der Waals surface area (Å²) in [6.07, 6.45) is -1.79. The summed E-state index contributed by atoms with van der Waals surface area (Å²) in [5.74, 6) is -0.665. The molecule has 1 atom stereocenters. The van der Waals surface area contributed by atoms with Gasteiger partial charge in [-0.1, -0.05) is 46.9 Å². The van der Waals surface area contributed by atoms with Crippen LogP contribution in [0.1, 0.15) is 48.7 Å². The fourth-order valence-electron chi connectivity index (χ4n) is 3.30. The molecule has 12 heteroatoms. The summed E-state index contributed by atoms with van der Waals surface area (Å²) in [5, 5.41) is 10.8. The van der Waals surface area contributed by atoms with Gasteiger partial charge < -0.3 is 5.32 Å². The standard InChI is InChI=1S/C20H17Cl3F3N5O/c1-10(31-16(12-4-5-12)15(23)17(28-31)20(24,25)26)19(32)27-18-14(22)9-30(29-18)8-11-2-6-13(21)7-3-11/h2-3,6-7,9-10,12H,4-5,8H2,1H3,(H,27,29,32). The molecule has 1 fully saturated rings. The SMILES string of the molecule is CC(C(=O)Nc1nn(Cc2ccc(Cl)cc2)cc1Cl)n1nc(C(F)(F)F)c(Cl)c1C1CC1. The van der Waals surface area contributed by atoms with Gasteiger partial charge in [0.15, 0.2) is 11.5 Å². The number of rotatable bonds is 6. The fourth-order valence-corrected chi connectivity index (χ4v) is 4.01. The predicted octanol–water partition coefficient (Wildman–Crippen LogP) is 6.18. The molecular formula is C20H17Cl3F3N5O. The predicted molar refractivity (Wildman–Crippen MR) is 115 cm³/mol. The molecule has 0 radical (unpaired) electrons. The van der Waals surface area contributed by atoms with E-state index in [2.05, 4.69) is 15.5 Å². The smallest absolute Gasteiger partial charge is 0.306 e. The second kappa shape index (κ2) is 8.61. The van der Waals surface area contributed by atoms with Gasteiger partial charge in [-0.15, -0.1) is 0 Å². The summed E-state index contributed by atoms with van der Waals surface area (Å²) in [4.78, 5) is 12.8. The molecule has 0 spiro atoms. The number of hydrogen-bond donors (Lipinski definition) is 1. The maximum atomic E-state index is 13.3. The lowest BCUT2D eigenvalue weighted by molar-refractivity contribution is -0.141. The lowest BCUT2D eigenvalue weighted by atomic mass is 10.2. The summed E-state index contributed by atoms with van der Waals surface area (Å²) in [6, 6.07) is 6.09. The number of carbonyl (C=O) groups excluding carboxylic acids is 1. The molecule has 3 aromatic rings. The average Bonchev–Trinajstić information content (AvgIpc) is 3.40. The molecule has 2 aromatic heterocycles. The van der Waals surface area contributed by atoms with E-state index in [1.807, 2.05) is 12.1 Å². The Labute approximate surface area is 196 Å². The van der Waals surface area contributed by atoms with E-state index in [1.54, 1.807) is 18.3 Å². The van der Waals surface area contributed by atoms with Crippen LogP contribution in [0.15, 0.2) is 30.5 Å². The normalized spacial score (nSPS) is 15.1. The van der Waals surface area contributed by atoms with Crippen molar-refractivity contribution >= 4 is 46.5 Å². The van der Waals surface area contributed by atoms with Crippen molar-refractivity contribution in [1.29, 1.82) is 0 Å². The highest BCUT2D eigenvalue weighted by Gasteiger charge is 2.43. The Bertz CT molecular complexity index is 1150. The Hall–Kier alpha value is -2.23. The number of nitrogens with one attached hydrogen (secondary N) is 1. The fraction of sp³-hybridized carbons (Fsp3) is 0.350. The van der Waals surface area contributed by atoms with Crippen molar-refractivity contribution in [2.45, 2.75) is 44.4 Å². The van der Waals surface area contributed by atoms with Gasteiger partial charge in [-0.3, -0.25) is 14.2 Å². The molecule has 170 valence electrons. The molecule has 1 saturated carbocycles. The van der Waals surface area contributed by atoms with Gasteiger partial charge in [0.05, 0.1) is 17.3 Å². The number of hydrogen-bond acceptors (Lipinski definition) is 3. The Morgan fingerprint density at radius 3 is 2.44 bits per heavy atom. The number of anilines is 1. The molecule has 4 rings (SSSR count). The molecule has 0 bridgehead atoms. The number of halogens is 6. The minimum Gasteiger partial charge on any atom is -0.306 e. The molecule has 1 amide bonds. The molecule has 1 N–H and O–H groups in total. The Balaban J connectivity index is 1.53. The molecule has 2 heterocycles. The summed E-state index contributed by atoms with van der Waals surface area (Å²) >= 11 is 18.1. The van der Waals surface area contributed by atoms with Gasteiger partial charge in [-0.25, -0.2) is 0 Å². The third kappa shape index (κ3) is 4.74. The van der Waals surface area contributed by atoms with E-state index in [-0.39, 0.29) is 22.5 Å². The van der Waals surface area contributed by atoms with Crippen LogP contribution in [-0.2, 0) is 17.5 Å². The molecule has 1 aromatic carbocycles. The van der Waals surface area contributed by atoms with Crippen LogP contribution in [0.3, 0.4) is 0 Å². The topological polar surface area (TPSA) is 64.7 Å². The van der Waals surface area contributed by atoms with Crippen LogP contribution in [0.4, 0.5) is 19.0 Å². The van der Waals surface area contributed by atoms with Gasteiger partial charge in [0.25, 0.3) is 0 Å². The first-order chi connectivity index (χ1) is 15.0. The van der Waals surface area contributed by atoms with Gasteiger partial charge in [-0.05, 0) is 37.5 Å². The van der Waals surface area contributed by atoms with Crippen LogP contribution < -0.4 is 5.32 Å².